The lowest BCUT2D eigenvalue weighted by Crippen LogP contribution is -2.40. The summed E-state index contributed by atoms with van der Waals surface area (Å²) in [5, 5.41) is 4.06. The van der Waals surface area contributed by atoms with Crippen LogP contribution in [0.3, 0.4) is 0 Å². The molecule has 3 aromatic heterocycles. The highest BCUT2D eigenvalue weighted by Gasteiger charge is 2.26. The van der Waals surface area contributed by atoms with Crippen molar-refractivity contribution in [2.75, 3.05) is 26.2 Å². The number of carbonyl (C=O) groups is 2. The minimum atomic E-state index is -0.192. The van der Waals surface area contributed by atoms with Crippen molar-refractivity contribution in [3.63, 3.8) is 0 Å². The molecule has 0 N–H and O–H groups in total. The Labute approximate surface area is 162 Å². The molecule has 4 heterocycles. The maximum Gasteiger partial charge on any atom is 0.274 e. The van der Waals surface area contributed by atoms with Crippen LogP contribution in [0.15, 0.2) is 43.2 Å². The van der Waals surface area contributed by atoms with E-state index in [-0.39, 0.29) is 17.7 Å². The number of fused-ring (bicyclic) bond motifs is 1. The van der Waals surface area contributed by atoms with Gasteiger partial charge in [0.05, 0.1) is 12.5 Å². The number of amides is 2. The highest BCUT2D eigenvalue weighted by atomic mass is 16.2. The summed E-state index contributed by atoms with van der Waals surface area (Å²) in [6.07, 6.45) is 7.46. The zero-order valence-electron chi connectivity index (χ0n) is 15.8. The Morgan fingerprint density at radius 1 is 1.14 bits per heavy atom. The van der Waals surface area contributed by atoms with Crippen LogP contribution in [0.2, 0.25) is 0 Å². The Kier molecular flexibility index (Phi) is 5.05. The Morgan fingerprint density at radius 2 is 1.96 bits per heavy atom. The molecule has 0 aliphatic carbocycles. The quantitative estimate of drug-likeness (QED) is 0.671. The predicted octanol–water partition coefficient (Wildman–Crippen LogP) is 0.937. The van der Waals surface area contributed by atoms with E-state index in [0.717, 1.165) is 12.1 Å². The molecule has 0 radical (unpaired) electrons. The summed E-state index contributed by atoms with van der Waals surface area (Å²) in [4.78, 5) is 37.6. The van der Waals surface area contributed by atoms with Crippen LogP contribution in [-0.4, -0.2) is 71.9 Å². The van der Waals surface area contributed by atoms with Crippen molar-refractivity contribution in [1.82, 2.24) is 33.9 Å². The summed E-state index contributed by atoms with van der Waals surface area (Å²) in [5.74, 6) is -0.200. The smallest absolute Gasteiger partial charge is 0.274 e. The average molecular weight is 381 g/mol. The minimum Gasteiger partial charge on any atom is -0.341 e. The van der Waals surface area contributed by atoms with Crippen LogP contribution in [0.1, 0.15) is 23.8 Å². The van der Waals surface area contributed by atoms with E-state index in [1.54, 1.807) is 22.1 Å². The van der Waals surface area contributed by atoms with Crippen LogP contribution in [0.4, 0.5) is 0 Å². The van der Waals surface area contributed by atoms with E-state index in [2.05, 4.69) is 15.1 Å². The molecule has 0 aromatic carbocycles. The number of imidazole rings is 1. The van der Waals surface area contributed by atoms with Gasteiger partial charge in [-0.15, -0.1) is 0 Å². The summed E-state index contributed by atoms with van der Waals surface area (Å²) >= 11 is 0. The Bertz CT molecular complexity index is 933. The molecule has 28 heavy (non-hydrogen) atoms. The van der Waals surface area contributed by atoms with Gasteiger partial charge in [-0.3, -0.25) is 14.3 Å². The van der Waals surface area contributed by atoms with E-state index >= 15 is 0 Å². The number of hydrogen-bond donors (Lipinski definition) is 0. The van der Waals surface area contributed by atoms with Gasteiger partial charge < -0.3 is 14.2 Å². The van der Waals surface area contributed by atoms with Gasteiger partial charge >= 0.3 is 0 Å². The molecule has 3 aromatic rings. The first-order valence-corrected chi connectivity index (χ1v) is 9.46. The van der Waals surface area contributed by atoms with Crippen LogP contribution < -0.4 is 0 Å². The molecule has 1 aliphatic heterocycles. The summed E-state index contributed by atoms with van der Waals surface area (Å²) in [6, 6.07) is 5.67. The maximum atomic E-state index is 12.9. The standard InChI is InChI=1S/C19H23N7O2/c1-15(11-26-14-20-13-21-26)18(27)23-7-4-8-24(10-9-23)19(28)16-12-25-6-3-2-5-17(25)22-16/h2-3,5-6,12-15H,4,7-11H2,1H3. The number of carbonyl (C=O) groups excluding carboxylic acids is 2. The third kappa shape index (κ3) is 3.73. The van der Waals surface area contributed by atoms with Crippen molar-refractivity contribution in [2.45, 2.75) is 19.9 Å². The molecule has 0 spiro atoms. The van der Waals surface area contributed by atoms with E-state index in [1.165, 1.54) is 6.33 Å². The summed E-state index contributed by atoms with van der Waals surface area (Å²) in [5.41, 5.74) is 1.19. The molecular weight excluding hydrogens is 358 g/mol. The van der Waals surface area contributed by atoms with Gasteiger partial charge in [-0.25, -0.2) is 9.97 Å². The number of rotatable bonds is 4. The van der Waals surface area contributed by atoms with Gasteiger partial charge in [0.25, 0.3) is 5.91 Å². The van der Waals surface area contributed by atoms with Gasteiger partial charge in [0.1, 0.15) is 24.0 Å². The molecule has 1 fully saturated rings. The topological polar surface area (TPSA) is 88.6 Å². The van der Waals surface area contributed by atoms with Crippen LogP contribution >= 0.6 is 0 Å². The second-order valence-corrected chi connectivity index (χ2v) is 7.08. The van der Waals surface area contributed by atoms with Gasteiger partial charge in [-0.05, 0) is 18.6 Å². The highest BCUT2D eigenvalue weighted by molar-refractivity contribution is 5.93. The largest absolute Gasteiger partial charge is 0.341 e. The van der Waals surface area contributed by atoms with Crippen LogP contribution in [0, 0.1) is 5.92 Å². The third-order valence-electron chi connectivity index (χ3n) is 5.03. The fourth-order valence-electron chi connectivity index (χ4n) is 3.54. The van der Waals surface area contributed by atoms with E-state index in [1.807, 2.05) is 40.6 Å². The molecule has 9 heteroatoms. The maximum absolute atomic E-state index is 12.9. The fourth-order valence-corrected chi connectivity index (χ4v) is 3.54. The Morgan fingerprint density at radius 3 is 2.75 bits per heavy atom. The monoisotopic (exact) mass is 381 g/mol. The van der Waals surface area contributed by atoms with Gasteiger partial charge in [-0.2, -0.15) is 5.10 Å². The van der Waals surface area contributed by atoms with Gasteiger partial charge in [0.2, 0.25) is 5.91 Å². The molecule has 1 unspecified atom stereocenters. The van der Waals surface area contributed by atoms with E-state index in [4.69, 9.17) is 0 Å². The number of hydrogen-bond acceptors (Lipinski definition) is 5. The highest BCUT2D eigenvalue weighted by Crippen LogP contribution is 2.13. The van der Waals surface area contributed by atoms with Gasteiger partial charge in [0, 0.05) is 38.6 Å². The first kappa shape index (κ1) is 18.1. The van der Waals surface area contributed by atoms with Gasteiger partial charge in [-0.1, -0.05) is 13.0 Å². The van der Waals surface area contributed by atoms with Crippen molar-refractivity contribution in [2.24, 2.45) is 5.92 Å². The molecular formula is C19H23N7O2. The summed E-state index contributed by atoms with van der Waals surface area (Å²) in [7, 11) is 0. The molecule has 1 atom stereocenters. The fraction of sp³-hybridized carbons (Fsp3) is 0.421. The molecule has 0 saturated carbocycles. The Hall–Kier alpha value is -3.23. The lowest BCUT2D eigenvalue weighted by atomic mass is 10.1. The van der Waals surface area contributed by atoms with Crippen molar-refractivity contribution in [3.05, 3.63) is 48.9 Å². The molecule has 2 amide bonds. The third-order valence-corrected chi connectivity index (χ3v) is 5.03. The van der Waals surface area contributed by atoms with Crippen molar-refractivity contribution >= 4 is 17.5 Å². The van der Waals surface area contributed by atoms with Crippen molar-refractivity contribution in [3.8, 4) is 0 Å². The second-order valence-electron chi connectivity index (χ2n) is 7.08. The molecule has 4 rings (SSSR count). The van der Waals surface area contributed by atoms with E-state index in [9.17, 15) is 9.59 Å². The van der Waals surface area contributed by atoms with Crippen LogP contribution in [-0.2, 0) is 11.3 Å². The lowest BCUT2D eigenvalue weighted by Gasteiger charge is -2.24. The molecule has 1 aliphatic rings. The average Bonchev–Trinajstić information content (AvgIpc) is 3.30. The lowest BCUT2D eigenvalue weighted by molar-refractivity contribution is -0.135. The number of pyridine rings is 1. The van der Waals surface area contributed by atoms with E-state index < -0.39 is 0 Å². The molecule has 0 bridgehead atoms. The van der Waals surface area contributed by atoms with Crippen LogP contribution in [0.25, 0.3) is 5.65 Å². The first-order chi connectivity index (χ1) is 13.6. The Balaban J connectivity index is 1.38. The van der Waals surface area contributed by atoms with E-state index in [0.29, 0.717) is 38.4 Å². The number of nitrogens with zero attached hydrogens (tertiary/aromatic N) is 7. The van der Waals surface area contributed by atoms with Crippen LogP contribution in [0.5, 0.6) is 0 Å². The van der Waals surface area contributed by atoms with Crippen molar-refractivity contribution in [1.29, 1.82) is 0 Å². The minimum absolute atomic E-state index is 0.0810. The summed E-state index contributed by atoms with van der Waals surface area (Å²) in [6.45, 7) is 4.70. The molecule has 9 nitrogen and oxygen atoms in total. The zero-order chi connectivity index (χ0) is 19.5. The predicted molar refractivity (Wildman–Crippen MR) is 101 cm³/mol. The van der Waals surface area contributed by atoms with Crippen molar-refractivity contribution < 1.29 is 9.59 Å². The second kappa shape index (κ2) is 7.79. The molecule has 1 saturated heterocycles. The van der Waals surface area contributed by atoms with Gasteiger partial charge in [0.15, 0.2) is 0 Å². The SMILES string of the molecule is CC(Cn1cncn1)C(=O)N1CCCN(C(=O)c2cn3ccccc3n2)CC1. The normalized spacial score (nSPS) is 16.2. The summed E-state index contributed by atoms with van der Waals surface area (Å²) < 4.78 is 3.51. The first-order valence-electron chi connectivity index (χ1n) is 9.46. The number of aromatic nitrogens is 5. The molecule has 146 valence electrons. The zero-order valence-corrected chi connectivity index (χ0v) is 15.8.